The van der Waals surface area contributed by atoms with E-state index in [0.717, 1.165) is 22.4 Å². The monoisotopic (exact) mass is 293 g/mol. The second-order valence-electron chi connectivity index (χ2n) is 6.87. The fraction of sp³-hybridized carbons (Fsp3) is 0.316. The van der Waals surface area contributed by atoms with Gasteiger partial charge in [-0.1, -0.05) is 57.2 Å². The van der Waals surface area contributed by atoms with E-state index in [0.29, 0.717) is 0 Å². The molecule has 0 aliphatic carbocycles. The van der Waals surface area contributed by atoms with Crippen LogP contribution in [0.2, 0.25) is 0 Å². The topological polar surface area (TPSA) is 43.8 Å². The summed E-state index contributed by atoms with van der Waals surface area (Å²) in [6.45, 7) is 6.65. The van der Waals surface area contributed by atoms with Crippen molar-refractivity contribution >= 4 is 11.0 Å². The first kappa shape index (κ1) is 14.8. The molecular formula is C19H23N3. The number of aromatic nitrogens is 2. The van der Waals surface area contributed by atoms with Crippen LogP contribution in [0, 0.1) is 0 Å². The highest BCUT2D eigenvalue weighted by atomic mass is 15.1. The molecule has 0 aliphatic rings. The average molecular weight is 293 g/mol. The van der Waals surface area contributed by atoms with Gasteiger partial charge in [0.15, 0.2) is 0 Å². The van der Waals surface area contributed by atoms with E-state index in [4.69, 9.17) is 10.7 Å². The molecule has 3 aromatic rings. The first-order valence-electron chi connectivity index (χ1n) is 7.65. The second kappa shape index (κ2) is 5.25. The highest BCUT2D eigenvalue weighted by Gasteiger charge is 2.18. The Labute approximate surface area is 131 Å². The van der Waals surface area contributed by atoms with Crippen molar-refractivity contribution in [3.8, 4) is 0 Å². The summed E-state index contributed by atoms with van der Waals surface area (Å²) in [6, 6.07) is 16.5. The van der Waals surface area contributed by atoms with Crippen molar-refractivity contribution in [2.75, 3.05) is 0 Å². The van der Waals surface area contributed by atoms with Crippen molar-refractivity contribution < 1.29 is 0 Å². The van der Waals surface area contributed by atoms with Crippen LogP contribution in [0.5, 0.6) is 0 Å². The van der Waals surface area contributed by atoms with Gasteiger partial charge in [-0.3, -0.25) is 0 Å². The third kappa shape index (κ3) is 2.53. The Kier molecular flexibility index (Phi) is 3.53. The number of nitrogens with zero attached hydrogens (tertiary/aromatic N) is 2. The minimum absolute atomic E-state index is 0.153. The van der Waals surface area contributed by atoms with Crippen molar-refractivity contribution in [1.29, 1.82) is 0 Å². The van der Waals surface area contributed by atoms with Crippen LogP contribution in [0.3, 0.4) is 0 Å². The predicted molar refractivity (Wildman–Crippen MR) is 91.9 cm³/mol. The molecule has 0 aliphatic heterocycles. The molecule has 2 N–H and O–H groups in total. The molecule has 1 unspecified atom stereocenters. The number of rotatable bonds is 2. The van der Waals surface area contributed by atoms with E-state index in [1.54, 1.807) is 0 Å². The summed E-state index contributed by atoms with van der Waals surface area (Å²) in [5.41, 5.74) is 11.1. The Hall–Kier alpha value is -2.13. The number of fused-ring (bicyclic) bond motifs is 1. The number of hydrogen-bond acceptors (Lipinski definition) is 2. The van der Waals surface area contributed by atoms with E-state index in [2.05, 4.69) is 55.7 Å². The van der Waals surface area contributed by atoms with Gasteiger partial charge in [0.25, 0.3) is 0 Å². The quantitative estimate of drug-likeness (QED) is 0.778. The number of para-hydroxylation sites is 2. The van der Waals surface area contributed by atoms with Crippen molar-refractivity contribution in [3.05, 3.63) is 65.5 Å². The fourth-order valence-corrected chi connectivity index (χ4v) is 2.78. The van der Waals surface area contributed by atoms with E-state index in [1.807, 2.05) is 25.2 Å². The molecule has 3 nitrogen and oxygen atoms in total. The zero-order valence-electron chi connectivity index (χ0n) is 13.7. The van der Waals surface area contributed by atoms with Crippen molar-refractivity contribution in [3.63, 3.8) is 0 Å². The zero-order valence-corrected chi connectivity index (χ0v) is 13.7. The molecule has 3 rings (SSSR count). The first-order chi connectivity index (χ1) is 10.4. The van der Waals surface area contributed by atoms with Gasteiger partial charge in [-0.25, -0.2) is 4.98 Å². The summed E-state index contributed by atoms with van der Waals surface area (Å²) < 4.78 is 2.08. The molecule has 0 bridgehead atoms. The smallest absolute Gasteiger partial charge is 0.131 e. The minimum atomic E-state index is -0.216. The summed E-state index contributed by atoms with van der Waals surface area (Å²) in [6.07, 6.45) is 0. The van der Waals surface area contributed by atoms with Crippen LogP contribution in [0.15, 0.2) is 48.5 Å². The lowest BCUT2D eigenvalue weighted by molar-refractivity contribution is 0.589. The predicted octanol–water partition coefficient (Wildman–Crippen LogP) is 3.92. The van der Waals surface area contributed by atoms with E-state index in [9.17, 15) is 0 Å². The van der Waals surface area contributed by atoms with Gasteiger partial charge >= 0.3 is 0 Å². The van der Waals surface area contributed by atoms with E-state index in [-0.39, 0.29) is 11.5 Å². The number of imidazole rings is 1. The Morgan fingerprint density at radius 1 is 1.00 bits per heavy atom. The van der Waals surface area contributed by atoms with Gasteiger partial charge in [0.1, 0.15) is 5.82 Å². The largest absolute Gasteiger partial charge is 0.330 e. The molecule has 0 spiro atoms. The van der Waals surface area contributed by atoms with Crippen LogP contribution in [0.4, 0.5) is 0 Å². The molecule has 0 saturated carbocycles. The molecule has 0 saturated heterocycles. The molecule has 3 heteroatoms. The van der Waals surface area contributed by atoms with Crippen molar-refractivity contribution in [2.24, 2.45) is 12.8 Å². The molecule has 2 aromatic carbocycles. The van der Waals surface area contributed by atoms with Crippen molar-refractivity contribution in [1.82, 2.24) is 9.55 Å². The summed E-state index contributed by atoms with van der Waals surface area (Å²) >= 11 is 0. The molecule has 1 aromatic heterocycles. The first-order valence-corrected chi connectivity index (χ1v) is 7.65. The highest BCUT2D eigenvalue weighted by Crippen LogP contribution is 2.26. The normalized spacial score (nSPS) is 13.5. The lowest BCUT2D eigenvalue weighted by atomic mass is 9.86. The Morgan fingerprint density at radius 2 is 1.64 bits per heavy atom. The van der Waals surface area contributed by atoms with Gasteiger partial charge < -0.3 is 10.3 Å². The van der Waals surface area contributed by atoms with Gasteiger partial charge in [0.05, 0.1) is 17.1 Å². The Balaban J connectivity index is 1.99. The molecule has 1 atom stereocenters. The van der Waals surface area contributed by atoms with E-state index < -0.39 is 0 Å². The molecule has 0 fully saturated rings. The summed E-state index contributed by atoms with van der Waals surface area (Å²) in [5, 5.41) is 0. The number of hydrogen-bond donors (Lipinski definition) is 1. The SMILES string of the molecule is Cn1c(C(N)c2ccc(C(C)(C)C)cc2)nc2ccccc21. The second-order valence-corrected chi connectivity index (χ2v) is 6.87. The zero-order chi connectivity index (χ0) is 15.9. The van der Waals surface area contributed by atoms with Gasteiger partial charge in [0.2, 0.25) is 0 Å². The van der Waals surface area contributed by atoms with Gasteiger partial charge in [0, 0.05) is 7.05 Å². The Morgan fingerprint density at radius 3 is 2.23 bits per heavy atom. The number of aryl methyl sites for hydroxylation is 1. The van der Waals surface area contributed by atoms with E-state index >= 15 is 0 Å². The highest BCUT2D eigenvalue weighted by molar-refractivity contribution is 5.76. The third-order valence-corrected chi connectivity index (χ3v) is 4.24. The van der Waals surface area contributed by atoms with Gasteiger partial charge in [-0.05, 0) is 28.7 Å². The summed E-state index contributed by atoms with van der Waals surface area (Å²) in [4.78, 5) is 4.70. The lowest BCUT2D eigenvalue weighted by Gasteiger charge is -2.20. The van der Waals surface area contributed by atoms with Crippen LogP contribution in [-0.4, -0.2) is 9.55 Å². The molecule has 114 valence electrons. The molecule has 1 heterocycles. The van der Waals surface area contributed by atoms with Gasteiger partial charge in [-0.15, -0.1) is 0 Å². The minimum Gasteiger partial charge on any atom is -0.330 e. The maximum absolute atomic E-state index is 6.46. The van der Waals surface area contributed by atoms with Crippen LogP contribution >= 0.6 is 0 Å². The number of benzene rings is 2. The van der Waals surface area contributed by atoms with Crippen LogP contribution in [0.1, 0.15) is 43.8 Å². The standard InChI is InChI=1S/C19H23N3/c1-19(2,3)14-11-9-13(10-12-14)17(20)18-21-15-7-5-6-8-16(15)22(18)4/h5-12,17H,20H2,1-4H3. The van der Waals surface area contributed by atoms with Crippen LogP contribution in [-0.2, 0) is 12.5 Å². The Bertz CT molecular complexity index is 792. The van der Waals surface area contributed by atoms with Crippen LogP contribution < -0.4 is 5.73 Å². The van der Waals surface area contributed by atoms with Crippen molar-refractivity contribution in [2.45, 2.75) is 32.2 Å². The molecular weight excluding hydrogens is 270 g/mol. The van der Waals surface area contributed by atoms with E-state index in [1.165, 1.54) is 5.56 Å². The maximum atomic E-state index is 6.46. The lowest BCUT2D eigenvalue weighted by Crippen LogP contribution is -2.17. The summed E-state index contributed by atoms with van der Waals surface area (Å²) in [5.74, 6) is 0.893. The van der Waals surface area contributed by atoms with Gasteiger partial charge in [-0.2, -0.15) is 0 Å². The number of nitrogens with two attached hydrogens (primary N) is 1. The van der Waals surface area contributed by atoms with Crippen LogP contribution in [0.25, 0.3) is 11.0 Å². The average Bonchev–Trinajstić information content (AvgIpc) is 2.83. The molecule has 0 radical (unpaired) electrons. The maximum Gasteiger partial charge on any atom is 0.131 e. The molecule has 22 heavy (non-hydrogen) atoms. The third-order valence-electron chi connectivity index (χ3n) is 4.24. The fourth-order valence-electron chi connectivity index (χ4n) is 2.78. The summed E-state index contributed by atoms with van der Waals surface area (Å²) in [7, 11) is 2.02. The molecule has 0 amide bonds.